The monoisotopic (exact) mass is 449 g/mol. The zero-order valence-electron chi connectivity index (χ0n) is 18.7. The number of allylic oxidation sites excluding steroid dienone is 2. The Morgan fingerprint density at radius 3 is 2.55 bits per heavy atom. The van der Waals surface area contributed by atoms with Crippen molar-refractivity contribution >= 4 is 45.1 Å². The van der Waals surface area contributed by atoms with E-state index in [-0.39, 0.29) is 0 Å². The topological polar surface area (TPSA) is 7.12 Å². The van der Waals surface area contributed by atoms with Crippen LogP contribution in [0.5, 0.6) is 0 Å². The number of nitrogens with zero attached hydrogens (tertiary/aromatic N) is 2. The fourth-order valence-electron chi connectivity index (χ4n) is 4.07. The van der Waals surface area contributed by atoms with Crippen molar-refractivity contribution in [2.75, 3.05) is 11.4 Å². The van der Waals surface area contributed by atoms with E-state index in [1.807, 2.05) is 23.1 Å². The molecule has 0 unspecified atom stereocenters. The first-order valence-corrected chi connectivity index (χ1v) is 13.3. The summed E-state index contributed by atoms with van der Waals surface area (Å²) >= 11 is 3.79. The Hall–Kier alpha value is -2.04. The Morgan fingerprint density at radius 2 is 1.68 bits per heavy atom. The van der Waals surface area contributed by atoms with Gasteiger partial charge in [0, 0.05) is 30.0 Å². The van der Waals surface area contributed by atoms with Gasteiger partial charge in [-0.1, -0.05) is 86.6 Å². The third-order valence-corrected chi connectivity index (χ3v) is 7.98. The molecule has 2 aromatic carbocycles. The van der Waals surface area contributed by atoms with Crippen LogP contribution in [-0.4, -0.2) is 6.54 Å². The van der Waals surface area contributed by atoms with Gasteiger partial charge in [-0.2, -0.15) is 4.57 Å². The van der Waals surface area contributed by atoms with E-state index in [0.29, 0.717) is 0 Å². The molecule has 0 saturated heterocycles. The van der Waals surface area contributed by atoms with E-state index >= 15 is 0 Å². The number of rotatable bonds is 10. The number of hydrogen-bond acceptors (Lipinski definition) is 3. The minimum Gasteiger partial charge on any atom is -0.335 e. The van der Waals surface area contributed by atoms with Crippen molar-refractivity contribution in [2.45, 2.75) is 63.8 Å². The normalized spacial score (nSPS) is 14.9. The van der Waals surface area contributed by atoms with Crippen LogP contribution in [0.15, 0.2) is 70.6 Å². The average Bonchev–Trinajstić information content (AvgIpc) is 3.32. The van der Waals surface area contributed by atoms with Gasteiger partial charge in [-0.3, -0.25) is 0 Å². The number of hydrogen-bond donors (Lipinski definition) is 0. The Labute approximate surface area is 195 Å². The lowest BCUT2D eigenvalue weighted by atomic mass is 10.2. The van der Waals surface area contributed by atoms with Crippen molar-refractivity contribution in [3.05, 3.63) is 70.7 Å². The maximum absolute atomic E-state index is 2.50. The lowest BCUT2D eigenvalue weighted by Gasteiger charge is -2.20. The number of thioether (sulfide) groups is 1. The largest absolute Gasteiger partial charge is 0.335 e. The molecule has 2 nitrogen and oxygen atoms in total. The smallest absolute Gasteiger partial charge is 0.262 e. The molecule has 0 saturated carbocycles. The minimum absolute atomic E-state index is 1.09. The van der Waals surface area contributed by atoms with E-state index in [4.69, 9.17) is 0 Å². The first kappa shape index (κ1) is 22.2. The summed E-state index contributed by atoms with van der Waals surface area (Å²) in [6, 6.07) is 17.6. The third-order valence-electron chi connectivity index (χ3n) is 5.72. The fourth-order valence-corrected chi connectivity index (χ4v) is 6.27. The lowest BCUT2D eigenvalue weighted by Crippen LogP contribution is -2.34. The highest BCUT2D eigenvalue weighted by molar-refractivity contribution is 8.03. The van der Waals surface area contributed by atoms with E-state index < -0.39 is 0 Å². The minimum atomic E-state index is 1.09. The van der Waals surface area contributed by atoms with Crippen LogP contribution in [-0.2, 0) is 6.54 Å². The average molecular weight is 450 g/mol. The molecule has 0 radical (unpaired) electrons. The molecule has 3 aromatic rings. The highest BCUT2D eigenvalue weighted by Crippen LogP contribution is 2.45. The van der Waals surface area contributed by atoms with Gasteiger partial charge in [-0.05, 0) is 37.1 Å². The zero-order chi connectivity index (χ0) is 21.5. The predicted molar refractivity (Wildman–Crippen MR) is 138 cm³/mol. The number of aryl methyl sites for hydroxylation is 1. The van der Waals surface area contributed by atoms with Gasteiger partial charge in [0.1, 0.15) is 4.70 Å². The molecular weight excluding hydrogens is 416 g/mol. The molecular formula is C27H33N2S2+. The third kappa shape index (κ3) is 5.24. The number of anilines is 1. The summed E-state index contributed by atoms with van der Waals surface area (Å²) in [5.74, 6) is 0. The molecule has 0 atom stereocenters. The standard InChI is InChI=1S/C27H33N2S2/c1-3-5-11-20-28-22-14-7-9-16-24(22)30-26(28)18-13-19-27-29(21-12-6-4-2)23-15-8-10-17-25(23)31-27/h7-10,13-19H,3-6,11-12,20-21H2,1-2H3/q+1. The highest BCUT2D eigenvalue weighted by atomic mass is 32.2. The number of unbranched alkanes of at least 4 members (excludes halogenated alkanes) is 4. The molecule has 4 rings (SSSR count). The van der Waals surface area contributed by atoms with Crippen molar-refractivity contribution < 1.29 is 4.57 Å². The summed E-state index contributed by atoms with van der Waals surface area (Å²) in [6.07, 6.45) is 14.4. The van der Waals surface area contributed by atoms with Gasteiger partial charge >= 0.3 is 0 Å². The van der Waals surface area contributed by atoms with E-state index in [1.54, 1.807) is 0 Å². The van der Waals surface area contributed by atoms with Gasteiger partial charge in [0.05, 0.1) is 10.7 Å². The van der Waals surface area contributed by atoms with Gasteiger partial charge in [0.15, 0.2) is 6.54 Å². The van der Waals surface area contributed by atoms with Crippen LogP contribution in [0.3, 0.4) is 0 Å². The van der Waals surface area contributed by atoms with Crippen LogP contribution in [0, 0.1) is 0 Å². The lowest BCUT2D eigenvalue weighted by molar-refractivity contribution is -0.669. The number of thiazole rings is 1. The Balaban J connectivity index is 1.58. The van der Waals surface area contributed by atoms with E-state index in [2.05, 4.69) is 90.1 Å². The Kier molecular flexibility index (Phi) is 7.87. The number of benzene rings is 2. The summed E-state index contributed by atoms with van der Waals surface area (Å²) in [5.41, 5.74) is 2.72. The van der Waals surface area contributed by atoms with Crippen LogP contribution in [0.1, 0.15) is 57.4 Å². The van der Waals surface area contributed by atoms with Gasteiger partial charge in [-0.15, -0.1) is 0 Å². The van der Waals surface area contributed by atoms with Crippen molar-refractivity contribution in [1.29, 1.82) is 0 Å². The molecule has 31 heavy (non-hydrogen) atoms. The Bertz CT molecular complexity index is 1060. The van der Waals surface area contributed by atoms with Crippen molar-refractivity contribution in [2.24, 2.45) is 0 Å². The molecule has 0 aliphatic carbocycles. The maximum Gasteiger partial charge on any atom is 0.262 e. The maximum atomic E-state index is 2.50. The van der Waals surface area contributed by atoms with Gasteiger partial charge in [0.2, 0.25) is 5.52 Å². The number of aromatic nitrogens is 1. The van der Waals surface area contributed by atoms with Gasteiger partial charge in [0.25, 0.3) is 5.01 Å². The summed E-state index contributed by atoms with van der Waals surface area (Å²) in [7, 11) is 0. The Morgan fingerprint density at radius 1 is 0.903 bits per heavy atom. The molecule has 0 N–H and O–H groups in total. The molecule has 1 aromatic heterocycles. The summed E-state index contributed by atoms with van der Waals surface area (Å²) in [6.45, 7) is 6.73. The summed E-state index contributed by atoms with van der Waals surface area (Å²) < 4.78 is 3.87. The SMILES string of the molecule is CCCCCN1/C(=C\C=C/c2sc3ccccc3[n+]2CCCCC)Sc2ccccc21. The number of para-hydroxylation sites is 2. The van der Waals surface area contributed by atoms with Gasteiger partial charge in [-0.25, -0.2) is 0 Å². The zero-order valence-corrected chi connectivity index (χ0v) is 20.4. The summed E-state index contributed by atoms with van der Waals surface area (Å²) in [5, 5.41) is 2.68. The molecule has 0 amide bonds. The molecule has 162 valence electrons. The van der Waals surface area contributed by atoms with Crippen molar-refractivity contribution in [3.63, 3.8) is 0 Å². The second kappa shape index (κ2) is 11.0. The molecule has 2 heterocycles. The van der Waals surface area contributed by atoms with E-state index in [0.717, 1.165) is 13.1 Å². The van der Waals surface area contributed by atoms with E-state index in [9.17, 15) is 0 Å². The predicted octanol–water partition coefficient (Wildman–Crippen LogP) is 8.04. The van der Waals surface area contributed by atoms with E-state index in [1.165, 1.54) is 69.4 Å². The van der Waals surface area contributed by atoms with Crippen molar-refractivity contribution in [3.8, 4) is 0 Å². The summed E-state index contributed by atoms with van der Waals surface area (Å²) in [4.78, 5) is 3.87. The van der Waals surface area contributed by atoms with Crippen LogP contribution in [0.25, 0.3) is 16.3 Å². The first-order valence-electron chi connectivity index (χ1n) is 11.7. The van der Waals surface area contributed by atoms with Crippen molar-refractivity contribution in [1.82, 2.24) is 0 Å². The van der Waals surface area contributed by atoms with Crippen LogP contribution < -0.4 is 9.47 Å². The second-order valence-corrected chi connectivity index (χ2v) is 10.2. The fraction of sp³-hybridized carbons (Fsp3) is 0.370. The molecule has 0 spiro atoms. The molecule has 0 fully saturated rings. The quantitative estimate of drug-likeness (QED) is 0.228. The van der Waals surface area contributed by atoms with Crippen LogP contribution in [0.4, 0.5) is 5.69 Å². The van der Waals surface area contributed by atoms with Crippen LogP contribution in [0.2, 0.25) is 0 Å². The molecule has 4 heteroatoms. The highest BCUT2D eigenvalue weighted by Gasteiger charge is 2.24. The molecule has 0 bridgehead atoms. The molecule has 1 aliphatic heterocycles. The second-order valence-electron chi connectivity index (χ2n) is 8.06. The first-order chi connectivity index (χ1) is 15.3. The van der Waals surface area contributed by atoms with Crippen LogP contribution >= 0.6 is 23.1 Å². The number of fused-ring (bicyclic) bond motifs is 2. The van der Waals surface area contributed by atoms with Gasteiger partial charge < -0.3 is 4.90 Å². The molecule has 1 aliphatic rings.